The summed E-state index contributed by atoms with van der Waals surface area (Å²) in [5.74, 6) is 1.61. The zero-order chi connectivity index (χ0) is 20.3. The second kappa shape index (κ2) is 8.42. The van der Waals surface area contributed by atoms with Crippen LogP contribution in [0.5, 0.6) is 0 Å². The van der Waals surface area contributed by atoms with Gasteiger partial charge in [0.15, 0.2) is 5.82 Å². The van der Waals surface area contributed by atoms with Gasteiger partial charge in [0, 0.05) is 42.7 Å². The molecule has 0 amide bonds. The first-order chi connectivity index (χ1) is 14.0. The molecule has 29 heavy (non-hydrogen) atoms. The molecule has 0 spiro atoms. The van der Waals surface area contributed by atoms with E-state index in [0.717, 1.165) is 49.3 Å². The SMILES string of the molecule is CC1(C)CC(C(=N)/C=C\Nc2nc(N3CCOCC3)c3ncccc3n2)CCN1. The third-order valence-corrected chi connectivity index (χ3v) is 5.52. The molecule has 154 valence electrons. The Hall–Kier alpha value is -2.58. The van der Waals surface area contributed by atoms with Gasteiger partial charge in [-0.2, -0.15) is 4.98 Å². The minimum Gasteiger partial charge on any atom is -0.378 e. The van der Waals surface area contributed by atoms with Gasteiger partial charge in [0.2, 0.25) is 5.95 Å². The topological polar surface area (TPSA) is 99.1 Å². The predicted molar refractivity (Wildman–Crippen MR) is 116 cm³/mol. The summed E-state index contributed by atoms with van der Waals surface area (Å²) in [5, 5.41) is 15.1. The number of nitrogens with one attached hydrogen (secondary N) is 3. The molecule has 0 aromatic carbocycles. The number of hydrogen-bond acceptors (Lipinski definition) is 8. The lowest BCUT2D eigenvalue weighted by molar-refractivity contribution is 0.122. The van der Waals surface area contributed by atoms with Crippen molar-refractivity contribution in [3.63, 3.8) is 0 Å². The van der Waals surface area contributed by atoms with Gasteiger partial charge in [0.25, 0.3) is 0 Å². The van der Waals surface area contributed by atoms with Crippen molar-refractivity contribution in [1.29, 1.82) is 5.41 Å². The van der Waals surface area contributed by atoms with Crippen molar-refractivity contribution in [3.05, 3.63) is 30.6 Å². The minimum atomic E-state index is 0.0813. The lowest BCUT2D eigenvalue weighted by Gasteiger charge is -2.36. The number of morpholine rings is 1. The third kappa shape index (κ3) is 4.71. The first-order valence-electron chi connectivity index (χ1n) is 10.2. The second-order valence-corrected chi connectivity index (χ2v) is 8.27. The summed E-state index contributed by atoms with van der Waals surface area (Å²) in [6.45, 7) is 8.28. The average Bonchev–Trinajstić information content (AvgIpc) is 2.73. The Bertz CT molecular complexity index is 905. The van der Waals surface area contributed by atoms with E-state index in [-0.39, 0.29) is 11.5 Å². The molecule has 8 nitrogen and oxygen atoms in total. The molecule has 2 saturated heterocycles. The zero-order valence-electron chi connectivity index (χ0n) is 17.1. The maximum atomic E-state index is 8.43. The van der Waals surface area contributed by atoms with Gasteiger partial charge in [-0.15, -0.1) is 0 Å². The van der Waals surface area contributed by atoms with Crippen molar-refractivity contribution < 1.29 is 4.74 Å². The Balaban J connectivity index is 1.50. The molecule has 2 aromatic heterocycles. The van der Waals surface area contributed by atoms with E-state index in [1.165, 1.54) is 0 Å². The number of ether oxygens (including phenoxy) is 1. The number of rotatable bonds is 5. The number of hydrogen-bond donors (Lipinski definition) is 3. The fourth-order valence-electron chi connectivity index (χ4n) is 3.99. The zero-order valence-corrected chi connectivity index (χ0v) is 17.1. The van der Waals surface area contributed by atoms with Crippen molar-refractivity contribution in [2.45, 2.75) is 32.2 Å². The number of aromatic nitrogens is 3. The molecule has 4 heterocycles. The Morgan fingerprint density at radius 3 is 2.97 bits per heavy atom. The van der Waals surface area contributed by atoms with E-state index in [9.17, 15) is 0 Å². The van der Waals surface area contributed by atoms with Crippen molar-refractivity contribution in [3.8, 4) is 0 Å². The number of fused-ring (bicyclic) bond motifs is 1. The van der Waals surface area contributed by atoms with Gasteiger partial charge in [-0.25, -0.2) is 4.98 Å². The third-order valence-electron chi connectivity index (χ3n) is 5.52. The normalized spacial score (nSPS) is 22.1. The van der Waals surface area contributed by atoms with Crippen LogP contribution in [0.2, 0.25) is 0 Å². The van der Waals surface area contributed by atoms with Crippen molar-refractivity contribution in [2.24, 2.45) is 5.92 Å². The van der Waals surface area contributed by atoms with Crippen LogP contribution >= 0.6 is 0 Å². The van der Waals surface area contributed by atoms with Crippen LogP contribution in [0.1, 0.15) is 26.7 Å². The molecule has 1 unspecified atom stereocenters. The highest BCUT2D eigenvalue weighted by Crippen LogP contribution is 2.26. The molecular formula is C21H29N7O. The van der Waals surface area contributed by atoms with E-state index in [1.54, 1.807) is 12.4 Å². The summed E-state index contributed by atoms with van der Waals surface area (Å²) < 4.78 is 5.47. The molecule has 0 aliphatic carbocycles. The number of nitrogens with zero attached hydrogens (tertiary/aromatic N) is 4. The van der Waals surface area contributed by atoms with E-state index in [2.05, 4.69) is 39.3 Å². The van der Waals surface area contributed by atoms with Gasteiger partial charge in [0.05, 0.1) is 18.7 Å². The maximum absolute atomic E-state index is 8.43. The van der Waals surface area contributed by atoms with Gasteiger partial charge in [-0.3, -0.25) is 4.98 Å². The molecule has 3 N–H and O–H groups in total. The summed E-state index contributed by atoms with van der Waals surface area (Å²) >= 11 is 0. The van der Waals surface area contributed by atoms with Crippen LogP contribution in [0, 0.1) is 11.3 Å². The van der Waals surface area contributed by atoms with E-state index in [0.29, 0.717) is 24.9 Å². The molecule has 4 rings (SSSR count). The Morgan fingerprint density at radius 2 is 2.17 bits per heavy atom. The molecule has 8 heteroatoms. The molecular weight excluding hydrogens is 366 g/mol. The van der Waals surface area contributed by atoms with E-state index in [1.807, 2.05) is 18.2 Å². The first-order valence-corrected chi connectivity index (χ1v) is 10.2. The summed E-state index contributed by atoms with van der Waals surface area (Å²) in [6.07, 6.45) is 7.33. The van der Waals surface area contributed by atoms with Crippen LogP contribution in [0.3, 0.4) is 0 Å². The monoisotopic (exact) mass is 395 g/mol. The van der Waals surface area contributed by atoms with E-state index < -0.39 is 0 Å². The quantitative estimate of drug-likeness (QED) is 0.669. The highest BCUT2D eigenvalue weighted by Gasteiger charge is 2.28. The summed E-state index contributed by atoms with van der Waals surface area (Å²) in [5.41, 5.74) is 2.32. The molecule has 1 atom stereocenters. The van der Waals surface area contributed by atoms with Crippen LogP contribution in [0.15, 0.2) is 30.6 Å². The summed E-state index contributed by atoms with van der Waals surface area (Å²) in [6, 6.07) is 3.83. The highest BCUT2D eigenvalue weighted by atomic mass is 16.5. The molecule has 2 fully saturated rings. The Kier molecular flexibility index (Phi) is 5.73. The molecule has 2 aliphatic rings. The lowest BCUT2D eigenvalue weighted by atomic mass is 9.82. The lowest BCUT2D eigenvalue weighted by Crippen LogP contribution is -2.47. The largest absolute Gasteiger partial charge is 0.378 e. The highest BCUT2D eigenvalue weighted by molar-refractivity contribution is 5.94. The fraction of sp³-hybridized carbons (Fsp3) is 0.524. The molecule has 0 radical (unpaired) electrons. The fourth-order valence-corrected chi connectivity index (χ4v) is 3.99. The summed E-state index contributed by atoms with van der Waals surface area (Å²) in [4.78, 5) is 16.0. The van der Waals surface area contributed by atoms with Crippen molar-refractivity contribution in [2.75, 3.05) is 43.1 Å². The maximum Gasteiger partial charge on any atom is 0.229 e. The molecule has 0 bridgehead atoms. The second-order valence-electron chi connectivity index (χ2n) is 8.27. The summed E-state index contributed by atoms with van der Waals surface area (Å²) in [7, 11) is 0. The van der Waals surface area contributed by atoms with Gasteiger partial charge in [-0.05, 0) is 51.4 Å². The minimum absolute atomic E-state index is 0.0813. The Labute approximate surface area is 171 Å². The van der Waals surface area contributed by atoms with Crippen LogP contribution in [0.25, 0.3) is 11.0 Å². The van der Waals surface area contributed by atoms with Gasteiger partial charge in [-0.1, -0.05) is 0 Å². The van der Waals surface area contributed by atoms with Crippen LogP contribution in [-0.2, 0) is 4.74 Å². The number of allylic oxidation sites excluding steroid dienone is 1. The van der Waals surface area contributed by atoms with Gasteiger partial charge < -0.3 is 25.7 Å². The first kappa shape index (κ1) is 19.7. The van der Waals surface area contributed by atoms with Crippen molar-refractivity contribution >= 4 is 28.5 Å². The van der Waals surface area contributed by atoms with Gasteiger partial charge >= 0.3 is 0 Å². The molecule has 2 aliphatic heterocycles. The Morgan fingerprint density at radius 1 is 1.34 bits per heavy atom. The van der Waals surface area contributed by atoms with Gasteiger partial charge in [0.1, 0.15) is 5.52 Å². The van der Waals surface area contributed by atoms with E-state index >= 15 is 0 Å². The number of pyridine rings is 1. The smallest absolute Gasteiger partial charge is 0.229 e. The molecule has 0 saturated carbocycles. The average molecular weight is 396 g/mol. The van der Waals surface area contributed by atoms with Crippen molar-refractivity contribution in [1.82, 2.24) is 20.3 Å². The van der Waals surface area contributed by atoms with Crippen LogP contribution < -0.4 is 15.5 Å². The predicted octanol–water partition coefficient (Wildman–Crippen LogP) is 2.58. The number of piperidine rings is 1. The van der Waals surface area contributed by atoms with Crippen LogP contribution in [-0.4, -0.2) is 59.1 Å². The van der Waals surface area contributed by atoms with E-state index in [4.69, 9.17) is 15.1 Å². The standard InChI is InChI=1S/C21H29N7O/c1-21(2)14-15(5-9-25-21)16(22)6-8-24-20-26-17-4-3-7-23-18(17)19(27-20)28-10-12-29-13-11-28/h3-4,6-8,15,22,25H,5,9-14H2,1-2H3,(H,24,26,27)/b8-6-,22-16?. The number of anilines is 2. The molecule has 2 aromatic rings. The van der Waals surface area contributed by atoms with Crippen LogP contribution in [0.4, 0.5) is 11.8 Å².